The van der Waals surface area contributed by atoms with E-state index in [0.29, 0.717) is 25.1 Å². The number of nitrogens with zero attached hydrogens (tertiary/aromatic N) is 1. The summed E-state index contributed by atoms with van der Waals surface area (Å²) in [7, 11) is 0. The number of hydrogen-bond acceptors (Lipinski definition) is 3. The molecule has 1 unspecified atom stereocenters. The second-order valence-corrected chi connectivity index (χ2v) is 5.00. The topological polar surface area (TPSA) is 49.4 Å². The molecule has 1 aliphatic heterocycles. The number of benzene rings is 1. The summed E-state index contributed by atoms with van der Waals surface area (Å²) in [6.07, 6.45) is 0.473. The summed E-state index contributed by atoms with van der Waals surface area (Å²) in [5, 5.41) is 2.83. The molecule has 5 heteroatoms. The van der Waals surface area contributed by atoms with Gasteiger partial charge >= 0.3 is 0 Å². The second-order valence-electron chi connectivity index (χ2n) is 4.27. The summed E-state index contributed by atoms with van der Waals surface area (Å²) in [6, 6.07) is 7.07. The minimum Gasteiger partial charge on any atom is -0.352 e. The molecule has 0 radical (unpaired) electrons. The van der Waals surface area contributed by atoms with Crippen LogP contribution in [0.4, 0.5) is 5.69 Å². The van der Waals surface area contributed by atoms with E-state index in [2.05, 4.69) is 17.9 Å². The van der Waals surface area contributed by atoms with E-state index < -0.39 is 0 Å². The van der Waals surface area contributed by atoms with E-state index >= 15 is 0 Å². The van der Waals surface area contributed by atoms with Crippen molar-refractivity contribution in [1.29, 1.82) is 0 Å². The molecule has 1 atom stereocenters. The molecule has 0 spiro atoms. The van der Waals surface area contributed by atoms with Crippen molar-refractivity contribution in [3.63, 3.8) is 0 Å². The maximum absolute atomic E-state index is 11.7. The molecule has 0 bridgehead atoms. The zero-order valence-corrected chi connectivity index (χ0v) is 11.1. The van der Waals surface area contributed by atoms with Gasteiger partial charge in [-0.1, -0.05) is 0 Å². The fraction of sp³-hybridized carbons (Fsp3) is 0.385. The molecule has 1 aromatic rings. The molecule has 96 valence electrons. The zero-order valence-electron chi connectivity index (χ0n) is 10.2. The molecule has 2 rings (SSSR count). The molecule has 1 N–H and O–H groups in total. The third-order valence-corrected chi connectivity index (χ3v) is 3.23. The summed E-state index contributed by atoms with van der Waals surface area (Å²) in [5.74, 6) is -0.00960. The van der Waals surface area contributed by atoms with Crippen molar-refractivity contribution in [3.05, 3.63) is 29.8 Å². The summed E-state index contributed by atoms with van der Waals surface area (Å²) in [6.45, 7) is 3.11. The lowest BCUT2D eigenvalue weighted by molar-refractivity contribution is -0.117. The normalized spacial score (nSPS) is 19.1. The van der Waals surface area contributed by atoms with Crippen molar-refractivity contribution < 1.29 is 9.59 Å². The Bertz CT molecular complexity index is 459. The van der Waals surface area contributed by atoms with Crippen molar-refractivity contribution in [2.24, 2.45) is 0 Å². The van der Waals surface area contributed by atoms with Gasteiger partial charge in [-0.05, 0) is 31.2 Å². The number of anilines is 1. The molecule has 0 aromatic heterocycles. The van der Waals surface area contributed by atoms with Crippen LogP contribution < -0.4 is 10.2 Å². The Morgan fingerprint density at radius 3 is 2.61 bits per heavy atom. The number of hydrogen-bond donors (Lipinski definition) is 2. The summed E-state index contributed by atoms with van der Waals surface area (Å²) in [5.41, 5.74) is 1.43. The minimum atomic E-state index is -0.0936. The van der Waals surface area contributed by atoms with Gasteiger partial charge in [-0.25, -0.2) is 0 Å². The van der Waals surface area contributed by atoms with E-state index in [4.69, 9.17) is 0 Å². The van der Waals surface area contributed by atoms with Crippen LogP contribution in [0, 0.1) is 0 Å². The molecule has 1 aliphatic rings. The van der Waals surface area contributed by atoms with Gasteiger partial charge in [0.2, 0.25) is 5.91 Å². The summed E-state index contributed by atoms with van der Waals surface area (Å²) in [4.78, 5) is 25.0. The van der Waals surface area contributed by atoms with Gasteiger partial charge in [-0.2, -0.15) is 12.6 Å². The summed E-state index contributed by atoms with van der Waals surface area (Å²) < 4.78 is 0. The Kier molecular flexibility index (Phi) is 3.91. The molecular formula is C13H16N2O2S. The first-order chi connectivity index (χ1) is 8.61. The average molecular weight is 264 g/mol. The highest BCUT2D eigenvalue weighted by Crippen LogP contribution is 2.24. The van der Waals surface area contributed by atoms with E-state index in [9.17, 15) is 9.59 Å². The standard InChI is InChI=1S/C13H16N2O2S/c1-2-14-13(17)9-3-5-10(6-4-9)15-8-11(18)7-12(15)16/h3-6,11,18H,2,7-8H2,1H3,(H,14,17). The van der Waals surface area contributed by atoms with Crippen LogP contribution in [0.5, 0.6) is 0 Å². The van der Waals surface area contributed by atoms with Crippen LogP contribution in [0.2, 0.25) is 0 Å². The maximum atomic E-state index is 11.7. The molecular weight excluding hydrogens is 248 g/mol. The highest BCUT2D eigenvalue weighted by atomic mass is 32.1. The maximum Gasteiger partial charge on any atom is 0.251 e. The highest BCUT2D eigenvalue weighted by Gasteiger charge is 2.28. The summed E-state index contributed by atoms with van der Waals surface area (Å²) >= 11 is 4.32. The molecule has 18 heavy (non-hydrogen) atoms. The highest BCUT2D eigenvalue weighted by molar-refractivity contribution is 7.81. The molecule has 2 amide bonds. The predicted molar refractivity (Wildman–Crippen MR) is 74.2 cm³/mol. The van der Waals surface area contributed by atoms with Crippen LogP contribution >= 0.6 is 12.6 Å². The molecule has 1 fully saturated rings. The number of carbonyl (C=O) groups excluding carboxylic acids is 2. The molecule has 1 saturated heterocycles. The van der Waals surface area contributed by atoms with Gasteiger partial charge in [0, 0.05) is 36.0 Å². The Labute approximate surface area is 112 Å². The fourth-order valence-electron chi connectivity index (χ4n) is 1.99. The van der Waals surface area contributed by atoms with Crippen molar-refractivity contribution in [2.75, 3.05) is 18.0 Å². The predicted octanol–water partition coefficient (Wildman–Crippen LogP) is 1.47. The van der Waals surface area contributed by atoms with Crippen LogP contribution in [0.25, 0.3) is 0 Å². The number of amides is 2. The average Bonchev–Trinajstić information content (AvgIpc) is 2.69. The van der Waals surface area contributed by atoms with Gasteiger partial charge < -0.3 is 10.2 Å². The second kappa shape index (κ2) is 5.44. The lowest BCUT2D eigenvalue weighted by Crippen LogP contribution is -2.25. The quantitative estimate of drug-likeness (QED) is 0.812. The van der Waals surface area contributed by atoms with Crippen LogP contribution in [0.3, 0.4) is 0 Å². The minimum absolute atomic E-state index is 0.0840. The number of rotatable bonds is 3. The Morgan fingerprint density at radius 2 is 2.11 bits per heavy atom. The van der Waals surface area contributed by atoms with E-state index in [0.717, 1.165) is 5.69 Å². The molecule has 0 aliphatic carbocycles. The van der Waals surface area contributed by atoms with Gasteiger partial charge in [0.25, 0.3) is 5.91 Å². The van der Waals surface area contributed by atoms with E-state index in [1.165, 1.54) is 0 Å². The van der Waals surface area contributed by atoms with Crippen LogP contribution in [0.15, 0.2) is 24.3 Å². The first-order valence-corrected chi connectivity index (χ1v) is 6.50. The van der Waals surface area contributed by atoms with Crippen molar-refractivity contribution >= 4 is 30.1 Å². The van der Waals surface area contributed by atoms with Gasteiger partial charge in [0.05, 0.1) is 0 Å². The van der Waals surface area contributed by atoms with Crippen LogP contribution in [0.1, 0.15) is 23.7 Å². The number of nitrogens with one attached hydrogen (secondary N) is 1. The van der Waals surface area contributed by atoms with Gasteiger partial charge in [0.15, 0.2) is 0 Å². The third-order valence-electron chi connectivity index (χ3n) is 2.88. The van der Waals surface area contributed by atoms with E-state index in [1.54, 1.807) is 29.2 Å². The lowest BCUT2D eigenvalue weighted by Gasteiger charge is -2.16. The fourth-order valence-corrected chi connectivity index (χ4v) is 2.31. The van der Waals surface area contributed by atoms with Crippen molar-refractivity contribution in [1.82, 2.24) is 5.32 Å². The first-order valence-electron chi connectivity index (χ1n) is 5.98. The Morgan fingerprint density at radius 1 is 1.44 bits per heavy atom. The van der Waals surface area contributed by atoms with Crippen LogP contribution in [-0.2, 0) is 4.79 Å². The monoisotopic (exact) mass is 264 g/mol. The van der Waals surface area contributed by atoms with Gasteiger partial charge in [-0.3, -0.25) is 9.59 Å². The van der Waals surface area contributed by atoms with Crippen molar-refractivity contribution in [3.8, 4) is 0 Å². The zero-order chi connectivity index (χ0) is 13.1. The number of thiol groups is 1. The van der Waals surface area contributed by atoms with E-state index in [1.807, 2.05) is 6.92 Å². The molecule has 0 saturated carbocycles. The first kappa shape index (κ1) is 13.0. The molecule has 1 heterocycles. The molecule has 1 aromatic carbocycles. The largest absolute Gasteiger partial charge is 0.352 e. The van der Waals surface area contributed by atoms with Crippen LogP contribution in [-0.4, -0.2) is 30.2 Å². The van der Waals surface area contributed by atoms with Gasteiger partial charge in [0.1, 0.15) is 0 Å². The van der Waals surface area contributed by atoms with E-state index in [-0.39, 0.29) is 17.1 Å². The lowest BCUT2D eigenvalue weighted by atomic mass is 10.2. The smallest absolute Gasteiger partial charge is 0.251 e. The Balaban J connectivity index is 2.13. The Hall–Kier alpha value is -1.49. The SMILES string of the molecule is CCNC(=O)c1ccc(N2CC(S)CC2=O)cc1. The third kappa shape index (κ3) is 2.67. The molecule has 4 nitrogen and oxygen atoms in total. The van der Waals surface area contributed by atoms with Gasteiger partial charge in [-0.15, -0.1) is 0 Å². The van der Waals surface area contributed by atoms with Crippen molar-refractivity contribution in [2.45, 2.75) is 18.6 Å². The number of carbonyl (C=O) groups is 2.